The molecule has 0 heterocycles. The highest BCUT2D eigenvalue weighted by atomic mass is 32.2. The fourth-order valence-corrected chi connectivity index (χ4v) is 1.00. The lowest BCUT2D eigenvalue weighted by Crippen LogP contribution is -2.43. The number of amidine groups is 2. The van der Waals surface area contributed by atoms with Crippen LogP contribution in [0, 0.1) is 0 Å². The molecule has 0 aliphatic rings. The van der Waals surface area contributed by atoms with E-state index in [9.17, 15) is 14.4 Å². The summed E-state index contributed by atoms with van der Waals surface area (Å²) in [5.74, 6) is 1.92. The molecule has 0 radical (unpaired) electrons. The molecule has 0 amide bonds. The average Bonchev–Trinajstić information content (AvgIpc) is 2.18. The Labute approximate surface area is 115 Å². The first kappa shape index (κ1) is 22.9. The SMILES string of the molecule is CCSC(N)=[NH2+].CCSC(N)=[NH2+].COP(=O)([O-])[O-]. The van der Waals surface area contributed by atoms with Gasteiger partial charge in [0, 0.05) is 18.6 Å². The van der Waals surface area contributed by atoms with Gasteiger partial charge in [-0.05, 0) is 23.5 Å². The van der Waals surface area contributed by atoms with Gasteiger partial charge in [0.2, 0.25) is 0 Å². The molecule has 0 aromatic carbocycles. The van der Waals surface area contributed by atoms with Crippen LogP contribution in [0.2, 0.25) is 0 Å². The van der Waals surface area contributed by atoms with Gasteiger partial charge in [-0.2, -0.15) is 0 Å². The smallest absolute Gasteiger partial charge is 0.299 e. The fraction of sp³-hybridized carbons (Fsp3) is 0.714. The summed E-state index contributed by atoms with van der Waals surface area (Å²) in [5.41, 5.74) is 10.1. The minimum atomic E-state index is -4.65. The minimum Gasteiger partial charge on any atom is -0.790 e. The van der Waals surface area contributed by atoms with Crippen LogP contribution in [-0.2, 0) is 9.09 Å². The van der Waals surface area contributed by atoms with Crippen LogP contribution >= 0.6 is 31.3 Å². The second-order valence-electron chi connectivity index (χ2n) is 2.30. The first-order valence-corrected chi connectivity index (χ1v) is 8.12. The molecule has 0 aromatic heterocycles. The zero-order chi connectivity index (χ0) is 15.2. The number of hydrogen-bond acceptors (Lipinski definition) is 6. The van der Waals surface area contributed by atoms with Crippen molar-refractivity contribution < 1.29 is 29.7 Å². The van der Waals surface area contributed by atoms with Gasteiger partial charge in [0.05, 0.1) is 7.82 Å². The van der Waals surface area contributed by atoms with Crippen molar-refractivity contribution in [3.8, 4) is 0 Å². The Morgan fingerprint density at radius 3 is 1.39 bits per heavy atom. The maximum atomic E-state index is 9.25. The number of phosphoric acid groups is 1. The predicted octanol–water partition coefficient (Wildman–Crippen LogP) is -3.91. The lowest BCUT2D eigenvalue weighted by molar-refractivity contribution is -0.339. The molecule has 0 aromatic rings. The third kappa shape index (κ3) is 44.8. The van der Waals surface area contributed by atoms with Crippen LogP contribution in [0.4, 0.5) is 0 Å². The summed E-state index contributed by atoms with van der Waals surface area (Å²) in [5, 5.41) is 11.0. The summed E-state index contributed by atoms with van der Waals surface area (Å²) < 4.78 is 12.6. The van der Waals surface area contributed by atoms with Gasteiger partial charge in [0.1, 0.15) is 0 Å². The van der Waals surface area contributed by atoms with Crippen LogP contribution < -0.4 is 32.1 Å². The monoisotopic (exact) mass is 320 g/mol. The Hall–Kier alpha value is -0.250. The summed E-state index contributed by atoms with van der Waals surface area (Å²) in [6.07, 6.45) is 0. The van der Waals surface area contributed by atoms with Crippen molar-refractivity contribution in [2.45, 2.75) is 13.8 Å². The van der Waals surface area contributed by atoms with E-state index in [1.54, 1.807) is 0 Å². The molecule has 8 N–H and O–H groups in total. The Bertz CT molecular complexity index is 258. The summed E-state index contributed by atoms with van der Waals surface area (Å²) in [6, 6.07) is 0. The van der Waals surface area contributed by atoms with Gasteiger partial charge in [0.25, 0.3) is 10.3 Å². The predicted molar refractivity (Wildman–Crippen MR) is 73.1 cm³/mol. The Morgan fingerprint density at radius 1 is 1.17 bits per heavy atom. The Morgan fingerprint density at radius 2 is 1.39 bits per heavy atom. The molecular formula is C7H21N4O4PS2. The first-order chi connectivity index (χ1) is 8.10. The molecule has 0 spiro atoms. The zero-order valence-corrected chi connectivity index (χ0v) is 13.1. The third-order valence-electron chi connectivity index (χ3n) is 0.846. The molecule has 8 nitrogen and oxygen atoms in total. The molecule has 18 heavy (non-hydrogen) atoms. The maximum absolute atomic E-state index is 9.25. The molecule has 0 aliphatic heterocycles. The van der Waals surface area contributed by atoms with E-state index in [2.05, 4.69) is 4.52 Å². The second kappa shape index (κ2) is 14.8. The molecule has 110 valence electrons. The third-order valence-corrected chi connectivity index (χ3v) is 2.54. The highest BCUT2D eigenvalue weighted by molar-refractivity contribution is 8.13. The highest BCUT2D eigenvalue weighted by Crippen LogP contribution is 2.21. The quantitative estimate of drug-likeness (QED) is 0.231. The first-order valence-electron chi connectivity index (χ1n) is 4.69. The second-order valence-corrected chi connectivity index (χ2v) is 6.23. The van der Waals surface area contributed by atoms with Crippen molar-refractivity contribution in [1.82, 2.24) is 0 Å². The lowest BCUT2D eigenvalue weighted by atomic mass is 11.0. The van der Waals surface area contributed by atoms with Crippen molar-refractivity contribution in [1.29, 1.82) is 0 Å². The van der Waals surface area contributed by atoms with Gasteiger partial charge in [-0.1, -0.05) is 13.8 Å². The largest absolute Gasteiger partial charge is 0.790 e. The zero-order valence-electron chi connectivity index (χ0n) is 10.6. The van der Waals surface area contributed by atoms with E-state index in [1.165, 1.54) is 23.5 Å². The summed E-state index contributed by atoms with van der Waals surface area (Å²) in [4.78, 5) is 18.5. The molecule has 0 unspecified atom stereocenters. The summed E-state index contributed by atoms with van der Waals surface area (Å²) >= 11 is 2.92. The minimum absolute atomic E-state index is 0.456. The van der Waals surface area contributed by atoms with Gasteiger partial charge < -0.3 is 18.9 Å². The van der Waals surface area contributed by atoms with E-state index in [0.717, 1.165) is 18.6 Å². The topological polar surface area (TPSA) is 176 Å². The van der Waals surface area contributed by atoms with E-state index in [4.69, 9.17) is 22.3 Å². The summed E-state index contributed by atoms with van der Waals surface area (Å²) in [6.45, 7) is 4.01. The molecular weight excluding hydrogens is 299 g/mol. The molecule has 0 rings (SSSR count). The van der Waals surface area contributed by atoms with Crippen molar-refractivity contribution in [3.63, 3.8) is 0 Å². The highest BCUT2D eigenvalue weighted by Gasteiger charge is 1.87. The molecule has 0 aliphatic carbocycles. The molecule has 0 saturated heterocycles. The van der Waals surface area contributed by atoms with Crippen LogP contribution in [0.3, 0.4) is 0 Å². The average molecular weight is 320 g/mol. The lowest BCUT2D eigenvalue weighted by Gasteiger charge is -2.25. The van der Waals surface area contributed by atoms with Gasteiger partial charge in [-0.15, -0.1) is 0 Å². The maximum Gasteiger partial charge on any atom is 0.299 e. The van der Waals surface area contributed by atoms with Crippen LogP contribution in [0.1, 0.15) is 13.8 Å². The van der Waals surface area contributed by atoms with Crippen LogP contribution in [0.15, 0.2) is 0 Å². The molecule has 11 heteroatoms. The van der Waals surface area contributed by atoms with Crippen LogP contribution in [0.25, 0.3) is 0 Å². The van der Waals surface area contributed by atoms with Gasteiger partial charge in [0.15, 0.2) is 0 Å². The van der Waals surface area contributed by atoms with Gasteiger partial charge >= 0.3 is 0 Å². The van der Waals surface area contributed by atoms with E-state index in [1.807, 2.05) is 13.8 Å². The molecule has 0 saturated carbocycles. The van der Waals surface area contributed by atoms with Crippen molar-refractivity contribution in [2.75, 3.05) is 18.6 Å². The standard InChI is InChI=1S/2C3H8N2S.CH5O4P/c2*1-2-6-3(4)5;1-5-6(2,3)4/h2*2H2,1H3,(H3,4,5);1H3,(H2,2,3,4). The van der Waals surface area contributed by atoms with Crippen molar-refractivity contribution in [2.24, 2.45) is 11.5 Å². The number of thioether (sulfide) groups is 2. The number of hydrogen-bond donors (Lipinski definition) is 4. The molecule has 0 atom stereocenters. The number of phosphoric ester groups is 1. The van der Waals surface area contributed by atoms with Gasteiger partial charge in [-0.25, -0.2) is 0 Å². The van der Waals surface area contributed by atoms with E-state index < -0.39 is 7.82 Å². The van der Waals surface area contributed by atoms with Crippen molar-refractivity contribution in [3.05, 3.63) is 0 Å². The summed E-state index contributed by atoms with van der Waals surface area (Å²) in [7, 11) is -3.83. The van der Waals surface area contributed by atoms with E-state index >= 15 is 0 Å². The van der Waals surface area contributed by atoms with Crippen molar-refractivity contribution >= 4 is 41.7 Å². The molecule has 0 fully saturated rings. The van der Waals surface area contributed by atoms with Gasteiger partial charge in [-0.3, -0.25) is 22.3 Å². The molecule has 0 bridgehead atoms. The number of nitrogens with two attached hydrogens (primary N) is 4. The Kier molecular flexibility index (Phi) is 18.8. The van der Waals surface area contributed by atoms with E-state index in [-0.39, 0.29) is 0 Å². The number of rotatable bonds is 3. The van der Waals surface area contributed by atoms with Crippen LogP contribution in [-0.4, -0.2) is 29.0 Å². The Balaban J connectivity index is -0.000000187. The normalized spacial score (nSPS) is 9.39. The van der Waals surface area contributed by atoms with Crippen LogP contribution in [0.5, 0.6) is 0 Å². The van der Waals surface area contributed by atoms with E-state index in [0.29, 0.717) is 10.3 Å². The fourth-order valence-electron chi connectivity index (χ4n) is 0.333.